The minimum atomic E-state index is -0.545. The molecule has 3 aromatic rings. The fourth-order valence-electron chi connectivity index (χ4n) is 3.82. The van der Waals surface area contributed by atoms with Gasteiger partial charge in [0.1, 0.15) is 5.75 Å². The van der Waals surface area contributed by atoms with Crippen LogP contribution in [0.25, 0.3) is 0 Å². The van der Waals surface area contributed by atoms with E-state index in [1.807, 2.05) is 0 Å². The van der Waals surface area contributed by atoms with Crippen LogP contribution in [0.5, 0.6) is 5.75 Å². The number of hydrogen-bond acceptors (Lipinski definition) is 7. The summed E-state index contributed by atoms with van der Waals surface area (Å²) < 4.78 is 5.16. The van der Waals surface area contributed by atoms with E-state index >= 15 is 0 Å². The smallest absolute Gasteiger partial charge is 0.269 e. The first-order valence-electron chi connectivity index (χ1n) is 10.5. The second-order valence-corrected chi connectivity index (χ2v) is 7.76. The number of nitro benzene ring substituents is 1. The first kappa shape index (κ1) is 22.7. The van der Waals surface area contributed by atoms with E-state index in [1.165, 1.54) is 12.1 Å². The summed E-state index contributed by atoms with van der Waals surface area (Å²) in [5.41, 5.74) is 1.85. The van der Waals surface area contributed by atoms with Crippen LogP contribution in [0.1, 0.15) is 38.7 Å². The number of methoxy groups -OCH3 is 1. The summed E-state index contributed by atoms with van der Waals surface area (Å²) in [6, 6.07) is 18.9. The highest BCUT2D eigenvalue weighted by atomic mass is 16.6. The van der Waals surface area contributed by atoms with Gasteiger partial charge in [-0.3, -0.25) is 29.4 Å². The van der Waals surface area contributed by atoms with Crippen LogP contribution in [0.15, 0.2) is 72.8 Å². The average molecular weight is 459 g/mol. The number of fused-ring (bicyclic) bond motifs is 1. The first-order valence-corrected chi connectivity index (χ1v) is 10.5. The normalized spacial score (nSPS) is 13.4. The molecular weight excluding hydrogens is 438 g/mol. The third kappa shape index (κ3) is 4.63. The molecule has 0 aliphatic carbocycles. The average Bonchev–Trinajstić information content (AvgIpc) is 3.09. The first-order chi connectivity index (χ1) is 16.4. The Morgan fingerprint density at radius 3 is 2.09 bits per heavy atom. The number of nitrogens with zero attached hydrogens (tertiary/aromatic N) is 2. The number of carbonyl (C=O) groups excluding carboxylic acids is 3. The van der Waals surface area contributed by atoms with Gasteiger partial charge in [0, 0.05) is 24.2 Å². The Morgan fingerprint density at radius 2 is 1.56 bits per heavy atom. The largest absolute Gasteiger partial charge is 0.497 e. The number of ether oxygens (including phenoxy) is 1. The lowest BCUT2D eigenvalue weighted by Crippen LogP contribution is -2.35. The lowest BCUT2D eigenvalue weighted by atomic mass is 10.00. The topological polar surface area (TPSA) is 119 Å². The van der Waals surface area contributed by atoms with Crippen LogP contribution in [0.2, 0.25) is 0 Å². The van der Waals surface area contributed by atoms with Crippen molar-refractivity contribution < 1.29 is 24.0 Å². The number of benzene rings is 3. The summed E-state index contributed by atoms with van der Waals surface area (Å²) >= 11 is 0. The zero-order chi connectivity index (χ0) is 24.2. The number of rotatable bonds is 9. The minimum absolute atomic E-state index is 0.0444. The zero-order valence-corrected chi connectivity index (χ0v) is 18.3. The predicted molar refractivity (Wildman–Crippen MR) is 124 cm³/mol. The third-order valence-corrected chi connectivity index (χ3v) is 5.58. The van der Waals surface area contributed by atoms with E-state index < -0.39 is 22.8 Å². The van der Waals surface area contributed by atoms with Crippen molar-refractivity contribution in [3.05, 3.63) is 99.6 Å². The Kier molecular flexibility index (Phi) is 6.35. The molecule has 1 aliphatic heterocycles. The molecule has 0 aromatic heterocycles. The minimum Gasteiger partial charge on any atom is -0.497 e. The van der Waals surface area contributed by atoms with Gasteiger partial charge in [0.05, 0.1) is 35.7 Å². The molecule has 0 spiro atoms. The van der Waals surface area contributed by atoms with E-state index in [1.54, 1.807) is 67.8 Å². The van der Waals surface area contributed by atoms with Gasteiger partial charge in [0.2, 0.25) is 0 Å². The third-order valence-electron chi connectivity index (χ3n) is 5.58. The summed E-state index contributed by atoms with van der Waals surface area (Å²) in [7, 11) is 1.56. The van der Waals surface area contributed by atoms with Crippen LogP contribution in [-0.2, 0) is 4.79 Å². The van der Waals surface area contributed by atoms with Crippen molar-refractivity contribution in [3.63, 3.8) is 0 Å². The summed E-state index contributed by atoms with van der Waals surface area (Å²) in [5, 5.41) is 14.3. The van der Waals surface area contributed by atoms with E-state index in [9.17, 15) is 24.5 Å². The Morgan fingerprint density at radius 1 is 0.971 bits per heavy atom. The lowest BCUT2D eigenvalue weighted by Gasteiger charge is -2.21. The Balaban J connectivity index is 1.53. The Bertz CT molecular complexity index is 1220. The number of ketones is 1. The van der Waals surface area contributed by atoms with Gasteiger partial charge in [-0.2, -0.15) is 0 Å². The number of nitro groups is 1. The van der Waals surface area contributed by atoms with Crippen molar-refractivity contribution in [1.82, 2.24) is 4.90 Å². The maximum Gasteiger partial charge on any atom is 0.269 e. The number of non-ortho nitro benzene ring substituents is 1. The van der Waals surface area contributed by atoms with Gasteiger partial charge in [-0.15, -0.1) is 0 Å². The molecule has 1 atom stereocenters. The van der Waals surface area contributed by atoms with Crippen LogP contribution in [-0.4, -0.2) is 41.1 Å². The maximum atomic E-state index is 13.0. The van der Waals surface area contributed by atoms with Crippen LogP contribution in [0.3, 0.4) is 0 Å². The van der Waals surface area contributed by atoms with Gasteiger partial charge < -0.3 is 10.1 Å². The molecule has 4 rings (SSSR count). The van der Waals surface area contributed by atoms with Crippen molar-refractivity contribution in [3.8, 4) is 5.75 Å². The monoisotopic (exact) mass is 459 g/mol. The van der Waals surface area contributed by atoms with Crippen LogP contribution in [0, 0.1) is 10.1 Å². The molecule has 0 unspecified atom stereocenters. The molecular formula is C25H21N3O6. The van der Waals surface area contributed by atoms with E-state index in [-0.39, 0.29) is 35.6 Å². The van der Waals surface area contributed by atoms with Crippen molar-refractivity contribution in [2.24, 2.45) is 0 Å². The summed E-state index contributed by atoms with van der Waals surface area (Å²) in [5.74, 6) is -0.661. The quantitative estimate of drug-likeness (QED) is 0.292. The Hall–Kier alpha value is -4.53. The van der Waals surface area contributed by atoms with E-state index in [2.05, 4.69) is 5.32 Å². The van der Waals surface area contributed by atoms with Gasteiger partial charge in [-0.25, -0.2) is 0 Å². The molecule has 0 bridgehead atoms. The molecule has 0 radical (unpaired) electrons. The molecule has 1 N–H and O–H groups in total. The van der Waals surface area contributed by atoms with Gasteiger partial charge in [-0.1, -0.05) is 24.3 Å². The van der Waals surface area contributed by atoms with Crippen molar-refractivity contribution in [2.45, 2.75) is 12.5 Å². The van der Waals surface area contributed by atoms with Crippen molar-refractivity contribution in [2.75, 3.05) is 19.0 Å². The molecule has 3 aromatic carbocycles. The number of carbonyl (C=O) groups is 3. The lowest BCUT2D eigenvalue weighted by molar-refractivity contribution is -0.384. The summed E-state index contributed by atoms with van der Waals surface area (Å²) in [4.78, 5) is 49.7. The van der Waals surface area contributed by atoms with Crippen LogP contribution in [0.4, 0.5) is 11.4 Å². The van der Waals surface area contributed by atoms with Gasteiger partial charge in [-0.05, 0) is 42.0 Å². The van der Waals surface area contributed by atoms with Gasteiger partial charge in [0.25, 0.3) is 17.5 Å². The molecule has 9 nitrogen and oxygen atoms in total. The second kappa shape index (κ2) is 9.53. The van der Waals surface area contributed by atoms with E-state index in [0.717, 1.165) is 4.90 Å². The molecule has 172 valence electrons. The summed E-state index contributed by atoms with van der Waals surface area (Å²) in [6.07, 6.45) is -0.0444. The number of Topliss-reactive ketones (excluding diaryl/α,β-unsaturated/α-hetero) is 1. The zero-order valence-electron chi connectivity index (χ0n) is 18.3. The number of hydrogen-bond donors (Lipinski definition) is 1. The van der Waals surface area contributed by atoms with Gasteiger partial charge in [0.15, 0.2) is 5.78 Å². The van der Waals surface area contributed by atoms with Crippen molar-refractivity contribution >= 4 is 29.0 Å². The number of anilines is 1. The highest BCUT2D eigenvalue weighted by molar-refractivity contribution is 6.22. The molecule has 1 aliphatic rings. The SMILES string of the molecule is COc1ccc(N[C@@H](CC(=O)CN2C(=O)c3ccccc3C2=O)c2ccc([N+](=O)[O-])cc2)cc1. The molecule has 2 amide bonds. The number of nitrogens with one attached hydrogen (secondary N) is 1. The molecule has 0 saturated carbocycles. The highest BCUT2D eigenvalue weighted by Crippen LogP contribution is 2.28. The Labute approximate surface area is 195 Å². The predicted octanol–water partition coefficient (Wildman–Crippen LogP) is 4.01. The molecule has 0 fully saturated rings. The van der Waals surface area contributed by atoms with Gasteiger partial charge >= 0.3 is 0 Å². The summed E-state index contributed by atoms with van der Waals surface area (Å²) in [6.45, 7) is -0.361. The van der Waals surface area contributed by atoms with Crippen LogP contribution < -0.4 is 10.1 Å². The fraction of sp³-hybridized carbons (Fsp3) is 0.160. The van der Waals surface area contributed by atoms with Crippen LogP contribution >= 0.6 is 0 Å². The molecule has 0 saturated heterocycles. The standard InChI is InChI=1S/C25H21N3O6/c1-34-20-12-8-17(9-13-20)26-23(16-6-10-18(11-7-16)28(32)33)14-19(29)15-27-24(30)21-4-2-3-5-22(21)25(27)31/h2-13,23,26H,14-15H2,1H3/t23-/m0/s1. The molecule has 34 heavy (non-hydrogen) atoms. The fourth-order valence-corrected chi connectivity index (χ4v) is 3.82. The molecule has 9 heteroatoms. The highest BCUT2D eigenvalue weighted by Gasteiger charge is 2.36. The number of amides is 2. The van der Waals surface area contributed by atoms with E-state index in [4.69, 9.17) is 4.74 Å². The second-order valence-electron chi connectivity index (χ2n) is 7.76. The maximum absolute atomic E-state index is 13.0. The van der Waals surface area contributed by atoms with E-state index in [0.29, 0.717) is 17.0 Å². The van der Waals surface area contributed by atoms with Crippen molar-refractivity contribution in [1.29, 1.82) is 0 Å². The number of imide groups is 1. The molecule has 1 heterocycles.